The topological polar surface area (TPSA) is 38.3 Å². The molecule has 1 amide bonds. The third kappa shape index (κ3) is 4.85. The van der Waals surface area contributed by atoms with Gasteiger partial charge in [-0.05, 0) is 80.5 Å². The molecule has 0 heterocycles. The second-order valence-corrected chi connectivity index (χ2v) is 6.87. The van der Waals surface area contributed by atoms with Gasteiger partial charge < -0.3 is 10.1 Å². The lowest BCUT2D eigenvalue weighted by Crippen LogP contribution is -2.32. The van der Waals surface area contributed by atoms with E-state index < -0.39 is 0 Å². The minimum atomic E-state index is -0.0939. The molecule has 1 atom stereocenters. The molecular formula is C22H29NO2. The largest absolute Gasteiger partial charge is 0.483 e. The first-order chi connectivity index (χ1) is 11.8. The zero-order valence-corrected chi connectivity index (χ0v) is 16.2. The van der Waals surface area contributed by atoms with Crippen LogP contribution in [0.25, 0.3) is 0 Å². The summed E-state index contributed by atoms with van der Waals surface area (Å²) in [5.74, 6) is 0.690. The van der Waals surface area contributed by atoms with Gasteiger partial charge in [0, 0.05) is 0 Å². The predicted molar refractivity (Wildman–Crippen MR) is 103 cm³/mol. The number of hydrogen-bond acceptors (Lipinski definition) is 2. The number of hydrogen-bond donors (Lipinski definition) is 1. The quantitative estimate of drug-likeness (QED) is 0.815. The molecule has 0 aliphatic rings. The Kier molecular flexibility index (Phi) is 6.24. The van der Waals surface area contributed by atoms with Gasteiger partial charge >= 0.3 is 0 Å². The zero-order chi connectivity index (χ0) is 18.6. The second-order valence-electron chi connectivity index (χ2n) is 6.87. The molecule has 2 aromatic carbocycles. The summed E-state index contributed by atoms with van der Waals surface area (Å²) >= 11 is 0. The SMILES string of the molecule is CC[C@H](NC(=O)COc1cc(C)cc(C)c1C)c1ccc(C)c(C)c1. The first kappa shape index (κ1) is 19.0. The van der Waals surface area contributed by atoms with Crippen LogP contribution in [0.1, 0.15) is 52.8 Å². The van der Waals surface area contributed by atoms with E-state index in [1.807, 2.05) is 19.9 Å². The summed E-state index contributed by atoms with van der Waals surface area (Å²) in [7, 11) is 0. The molecule has 25 heavy (non-hydrogen) atoms. The molecule has 0 spiro atoms. The highest BCUT2D eigenvalue weighted by atomic mass is 16.5. The predicted octanol–water partition coefficient (Wildman–Crippen LogP) is 4.88. The summed E-state index contributed by atoms with van der Waals surface area (Å²) in [4.78, 5) is 12.4. The molecule has 0 saturated carbocycles. The van der Waals surface area contributed by atoms with Crippen LogP contribution in [0.2, 0.25) is 0 Å². The minimum Gasteiger partial charge on any atom is -0.483 e. The summed E-state index contributed by atoms with van der Waals surface area (Å²) < 4.78 is 5.77. The van der Waals surface area contributed by atoms with Crippen LogP contribution < -0.4 is 10.1 Å². The Morgan fingerprint density at radius 3 is 2.36 bits per heavy atom. The third-order valence-electron chi connectivity index (χ3n) is 4.80. The molecule has 0 radical (unpaired) electrons. The van der Waals surface area contributed by atoms with Crippen LogP contribution in [0.4, 0.5) is 0 Å². The van der Waals surface area contributed by atoms with Crippen LogP contribution in [0, 0.1) is 34.6 Å². The lowest BCUT2D eigenvalue weighted by molar-refractivity contribution is -0.123. The van der Waals surface area contributed by atoms with Crippen molar-refractivity contribution in [3.05, 3.63) is 63.7 Å². The van der Waals surface area contributed by atoms with Crippen molar-refractivity contribution in [3.63, 3.8) is 0 Å². The summed E-state index contributed by atoms with van der Waals surface area (Å²) in [6.07, 6.45) is 0.844. The van der Waals surface area contributed by atoms with Crippen molar-refractivity contribution in [2.75, 3.05) is 6.61 Å². The Labute approximate surface area is 151 Å². The van der Waals surface area contributed by atoms with Crippen molar-refractivity contribution in [2.24, 2.45) is 0 Å². The van der Waals surface area contributed by atoms with Crippen molar-refractivity contribution in [2.45, 2.75) is 54.0 Å². The average molecular weight is 339 g/mol. The summed E-state index contributed by atoms with van der Waals surface area (Å²) in [5, 5.41) is 3.08. The summed E-state index contributed by atoms with van der Waals surface area (Å²) in [6.45, 7) is 12.4. The molecule has 0 unspecified atom stereocenters. The Bertz CT molecular complexity index is 765. The van der Waals surface area contributed by atoms with Crippen molar-refractivity contribution in [3.8, 4) is 5.75 Å². The van der Waals surface area contributed by atoms with Gasteiger partial charge in [-0.3, -0.25) is 4.79 Å². The molecule has 0 bridgehead atoms. The van der Waals surface area contributed by atoms with Crippen molar-refractivity contribution in [1.29, 1.82) is 0 Å². The van der Waals surface area contributed by atoms with Crippen LogP contribution in [0.5, 0.6) is 5.75 Å². The Morgan fingerprint density at radius 1 is 1.00 bits per heavy atom. The zero-order valence-electron chi connectivity index (χ0n) is 16.2. The molecule has 0 aliphatic heterocycles. The van der Waals surface area contributed by atoms with Gasteiger partial charge in [0.05, 0.1) is 6.04 Å². The number of carbonyl (C=O) groups is 1. The van der Waals surface area contributed by atoms with Gasteiger partial charge in [0.2, 0.25) is 0 Å². The van der Waals surface area contributed by atoms with Gasteiger partial charge in [-0.25, -0.2) is 0 Å². The standard InChI is InChI=1S/C22H29NO2/c1-7-20(19-9-8-15(3)16(4)12-19)23-22(24)13-25-21-11-14(2)10-17(5)18(21)6/h8-12,20H,7,13H2,1-6H3,(H,23,24)/t20-/m0/s1. The fourth-order valence-electron chi connectivity index (χ4n) is 2.93. The van der Waals surface area contributed by atoms with Crippen LogP contribution >= 0.6 is 0 Å². The molecule has 0 aromatic heterocycles. The van der Waals surface area contributed by atoms with Crippen LogP contribution in [0.15, 0.2) is 30.3 Å². The lowest BCUT2D eigenvalue weighted by Gasteiger charge is -2.19. The number of nitrogens with one attached hydrogen (secondary N) is 1. The van der Waals surface area contributed by atoms with Crippen LogP contribution in [0.3, 0.4) is 0 Å². The lowest BCUT2D eigenvalue weighted by atomic mass is 9.99. The van der Waals surface area contributed by atoms with Gasteiger partial charge in [0.1, 0.15) is 5.75 Å². The number of ether oxygens (including phenoxy) is 1. The van der Waals surface area contributed by atoms with Gasteiger partial charge in [-0.1, -0.05) is 31.2 Å². The number of aryl methyl sites for hydroxylation is 4. The van der Waals surface area contributed by atoms with Crippen molar-refractivity contribution >= 4 is 5.91 Å². The van der Waals surface area contributed by atoms with Crippen LogP contribution in [-0.4, -0.2) is 12.5 Å². The molecule has 3 nitrogen and oxygen atoms in total. The Morgan fingerprint density at radius 2 is 1.72 bits per heavy atom. The fourth-order valence-corrected chi connectivity index (χ4v) is 2.93. The highest BCUT2D eigenvalue weighted by Crippen LogP contribution is 2.23. The highest BCUT2D eigenvalue weighted by molar-refractivity contribution is 5.78. The van der Waals surface area contributed by atoms with Crippen molar-refractivity contribution < 1.29 is 9.53 Å². The Hall–Kier alpha value is -2.29. The third-order valence-corrected chi connectivity index (χ3v) is 4.80. The molecule has 0 aliphatic carbocycles. The molecule has 0 fully saturated rings. The first-order valence-electron chi connectivity index (χ1n) is 8.89. The van der Waals surface area contributed by atoms with Gasteiger partial charge in [0.15, 0.2) is 6.61 Å². The van der Waals surface area contributed by atoms with E-state index in [0.717, 1.165) is 28.9 Å². The smallest absolute Gasteiger partial charge is 0.258 e. The summed E-state index contributed by atoms with van der Waals surface area (Å²) in [6, 6.07) is 10.5. The molecule has 3 heteroatoms. The maximum atomic E-state index is 12.4. The minimum absolute atomic E-state index is 0.00995. The van der Waals surface area contributed by atoms with E-state index in [4.69, 9.17) is 4.74 Å². The molecule has 0 saturated heterocycles. The molecular weight excluding hydrogens is 310 g/mol. The second kappa shape index (κ2) is 8.19. The van der Waals surface area contributed by atoms with Crippen molar-refractivity contribution in [1.82, 2.24) is 5.32 Å². The normalized spacial score (nSPS) is 11.9. The summed E-state index contributed by atoms with van der Waals surface area (Å²) in [5.41, 5.74) is 7.05. The van der Waals surface area contributed by atoms with Gasteiger partial charge in [-0.2, -0.15) is 0 Å². The van der Waals surface area contributed by atoms with E-state index >= 15 is 0 Å². The van der Waals surface area contributed by atoms with E-state index in [1.165, 1.54) is 16.7 Å². The van der Waals surface area contributed by atoms with E-state index in [9.17, 15) is 4.79 Å². The maximum Gasteiger partial charge on any atom is 0.258 e. The molecule has 1 N–H and O–H groups in total. The first-order valence-corrected chi connectivity index (χ1v) is 8.89. The number of benzene rings is 2. The van der Waals surface area contributed by atoms with Crippen LogP contribution in [-0.2, 0) is 4.79 Å². The maximum absolute atomic E-state index is 12.4. The molecule has 134 valence electrons. The highest BCUT2D eigenvalue weighted by Gasteiger charge is 2.14. The van der Waals surface area contributed by atoms with E-state index in [2.05, 4.69) is 57.3 Å². The average Bonchev–Trinajstić information content (AvgIpc) is 2.57. The van der Waals surface area contributed by atoms with E-state index in [1.54, 1.807) is 0 Å². The Balaban J connectivity index is 2.02. The number of rotatable bonds is 6. The molecule has 2 aromatic rings. The molecule has 2 rings (SSSR count). The van der Waals surface area contributed by atoms with Gasteiger partial charge in [-0.15, -0.1) is 0 Å². The van der Waals surface area contributed by atoms with Gasteiger partial charge in [0.25, 0.3) is 5.91 Å². The fraction of sp³-hybridized carbons (Fsp3) is 0.409. The monoisotopic (exact) mass is 339 g/mol. The number of amides is 1. The van der Waals surface area contributed by atoms with E-state index in [-0.39, 0.29) is 18.6 Å². The number of carbonyl (C=O) groups excluding carboxylic acids is 1. The van der Waals surface area contributed by atoms with E-state index in [0.29, 0.717) is 0 Å².